The monoisotopic (exact) mass is 342 g/mol. The van der Waals surface area contributed by atoms with Crippen LogP contribution in [0.1, 0.15) is 82.3 Å². The molecule has 1 unspecified atom stereocenters. The minimum absolute atomic E-state index is 0.0662. The Morgan fingerprint density at radius 3 is 2.48 bits per heavy atom. The third kappa shape index (κ3) is 5.22. The fraction of sp³-hybridized carbons (Fsp3) is 0.500. The van der Waals surface area contributed by atoms with Crippen LogP contribution in [0.5, 0.6) is 0 Å². The number of carbonyl (C=O) groups is 1. The van der Waals surface area contributed by atoms with Gasteiger partial charge >= 0.3 is 0 Å². The van der Waals surface area contributed by atoms with Crippen LogP contribution in [0.15, 0.2) is 30.0 Å². The summed E-state index contributed by atoms with van der Waals surface area (Å²) in [5, 5.41) is 2.89. The average molecular weight is 343 g/mol. The molecule has 0 saturated carbocycles. The van der Waals surface area contributed by atoms with Crippen molar-refractivity contribution in [3.63, 3.8) is 0 Å². The standard InChI is InChI=1S/C17H20N2O.C3H8.C2H6/c1-10-5-4-6-13-15(9-10)19-12(3)16(13)14-8-7-11(2)18-17(14)20;1-3-2;1-2/h4-6,14,19H,2,7-9H2,1,3H3,(H,18,20);3H2,1-2H3;1-2H3. The number of fused-ring (bicyclic) bond motifs is 1. The summed E-state index contributed by atoms with van der Waals surface area (Å²) in [5.41, 5.74) is 6.85. The molecule has 1 aliphatic heterocycles. The number of carbonyl (C=O) groups excluding carboxylic acids is 1. The Kier molecular flexibility index (Phi) is 8.47. The lowest BCUT2D eigenvalue weighted by Crippen LogP contribution is -2.33. The molecule has 0 bridgehead atoms. The fourth-order valence-corrected chi connectivity index (χ4v) is 3.20. The van der Waals surface area contributed by atoms with E-state index in [2.05, 4.69) is 62.8 Å². The van der Waals surface area contributed by atoms with Gasteiger partial charge in [0.2, 0.25) is 5.91 Å². The minimum atomic E-state index is -0.0662. The van der Waals surface area contributed by atoms with Gasteiger partial charge in [-0.15, -0.1) is 0 Å². The molecule has 2 heterocycles. The zero-order valence-electron chi connectivity index (χ0n) is 16.8. The minimum Gasteiger partial charge on any atom is -0.361 e. The molecule has 2 N–H and O–H groups in total. The number of amides is 1. The second-order valence-electron chi connectivity index (χ2n) is 6.50. The normalized spacial score (nSPS) is 18.6. The molecular weight excluding hydrogens is 308 g/mol. The van der Waals surface area contributed by atoms with Crippen molar-refractivity contribution in [3.05, 3.63) is 52.5 Å². The molecular formula is C22H34N2O. The molecule has 0 spiro atoms. The third-order valence-electron chi connectivity index (χ3n) is 4.16. The van der Waals surface area contributed by atoms with Crippen molar-refractivity contribution in [2.75, 3.05) is 0 Å². The summed E-state index contributed by atoms with van der Waals surface area (Å²) in [4.78, 5) is 15.7. The summed E-state index contributed by atoms with van der Waals surface area (Å²) in [6, 6.07) is 0. The zero-order valence-corrected chi connectivity index (χ0v) is 16.8. The Hall–Kier alpha value is -2.03. The fourth-order valence-electron chi connectivity index (χ4n) is 3.20. The highest BCUT2D eigenvalue weighted by Gasteiger charge is 2.30. The summed E-state index contributed by atoms with van der Waals surface area (Å²) >= 11 is 0. The van der Waals surface area contributed by atoms with Crippen LogP contribution in [-0.2, 0) is 11.2 Å². The first-order valence-corrected chi connectivity index (χ1v) is 9.51. The zero-order chi connectivity index (χ0) is 19.0. The Balaban J connectivity index is 0.000000567. The molecule has 3 rings (SSSR count). The smallest absolute Gasteiger partial charge is 0.231 e. The van der Waals surface area contributed by atoms with Gasteiger partial charge in [-0.05, 0) is 37.8 Å². The van der Waals surface area contributed by atoms with Crippen LogP contribution < -0.4 is 5.32 Å². The second kappa shape index (κ2) is 10.1. The average Bonchev–Trinajstić information content (AvgIpc) is 2.74. The Morgan fingerprint density at radius 1 is 1.24 bits per heavy atom. The quantitative estimate of drug-likeness (QED) is 0.666. The van der Waals surface area contributed by atoms with Gasteiger partial charge in [-0.2, -0.15) is 0 Å². The lowest BCUT2D eigenvalue weighted by Gasteiger charge is -2.24. The summed E-state index contributed by atoms with van der Waals surface area (Å²) in [7, 11) is 0. The number of aromatic amines is 1. The van der Waals surface area contributed by atoms with Gasteiger partial charge in [0.15, 0.2) is 0 Å². The lowest BCUT2D eigenvalue weighted by molar-refractivity contribution is -0.122. The van der Waals surface area contributed by atoms with Crippen molar-refractivity contribution < 1.29 is 4.79 Å². The molecule has 1 amide bonds. The Labute approximate surface area is 153 Å². The van der Waals surface area contributed by atoms with Crippen LogP contribution in [0.3, 0.4) is 0 Å². The molecule has 1 atom stereocenters. The summed E-state index contributed by atoms with van der Waals surface area (Å²) in [5.74, 6) is 0.0111. The van der Waals surface area contributed by atoms with E-state index in [1.54, 1.807) is 0 Å². The molecule has 0 aromatic carbocycles. The van der Waals surface area contributed by atoms with E-state index in [1.807, 2.05) is 13.8 Å². The van der Waals surface area contributed by atoms with Gasteiger partial charge < -0.3 is 10.3 Å². The topological polar surface area (TPSA) is 44.9 Å². The lowest BCUT2D eigenvalue weighted by atomic mass is 9.86. The summed E-state index contributed by atoms with van der Waals surface area (Å²) in [6.45, 7) is 16.3. The van der Waals surface area contributed by atoms with Gasteiger partial charge in [0.1, 0.15) is 0 Å². The Bertz CT molecular complexity index is 662. The number of aromatic nitrogens is 1. The van der Waals surface area contributed by atoms with E-state index in [1.165, 1.54) is 23.3 Å². The van der Waals surface area contributed by atoms with Gasteiger partial charge in [0.05, 0.1) is 5.92 Å². The van der Waals surface area contributed by atoms with E-state index >= 15 is 0 Å². The number of nitrogens with one attached hydrogen (secondary N) is 2. The molecule has 3 nitrogen and oxygen atoms in total. The van der Waals surface area contributed by atoms with Crippen LogP contribution in [0.25, 0.3) is 6.08 Å². The van der Waals surface area contributed by atoms with Crippen molar-refractivity contribution >= 4 is 12.0 Å². The highest BCUT2D eigenvalue weighted by Crippen LogP contribution is 2.35. The van der Waals surface area contributed by atoms with Crippen LogP contribution in [0, 0.1) is 6.92 Å². The van der Waals surface area contributed by atoms with Crippen LogP contribution in [0.4, 0.5) is 0 Å². The molecule has 0 radical (unpaired) electrons. The van der Waals surface area contributed by atoms with Gasteiger partial charge in [0, 0.05) is 23.5 Å². The van der Waals surface area contributed by atoms with Crippen molar-refractivity contribution in [3.8, 4) is 0 Å². The second-order valence-corrected chi connectivity index (χ2v) is 6.50. The first kappa shape index (κ1) is 21.0. The summed E-state index contributed by atoms with van der Waals surface area (Å²) in [6.07, 6.45) is 10.2. The molecule has 1 aromatic rings. The van der Waals surface area contributed by atoms with E-state index in [0.717, 1.165) is 36.2 Å². The molecule has 1 aromatic heterocycles. The Morgan fingerprint density at radius 2 is 1.88 bits per heavy atom. The molecule has 1 saturated heterocycles. The van der Waals surface area contributed by atoms with Crippen LogP contribution in [-0.4, -0.2) is 10.9 Å². The highest BCUT2D eigenvalue weighted by molar-refractivity contribution is 5.88. The molecule has 25 heavy (non-hydrogen) atoms. The van der Waals surface area contributed by atoms with Crippen molar-refractivity contribution in [1.82, 2.24) is 10.3 Å². The molecule has 1 aliphatic carbocycles. The maximum atomic E-state index is 12.3. The van der Waals surface area contributed by atoms with Crippen molar-refractivity contribution in [2.45, 2.75) is 73.1 Å². The highest BCUT2D eigenvalue weighted by atomic mass is 16.2. The SMILES string of the molecule is C=C1CCC(c2c(C)[nH]c3c2C=CC=C(C)C3)C(=O)N1.CC.CCC. The number of piperidine rings is 1. The number of allylic oxidation sites excluding steroid dienone is 4. The molecule has 2 aliphatic rings. The van der Waals surface area contributed by atoms with Crippen molar-refractivity contribution in [2.24, 2.45) is 0 Å². The van der Waals surface area contributed by atoms with Crippen LogP contribution >= 0.6 is 0 Å². The number of rotatable bonds is 1. The predicted octanol–water partition coefficient (Wildman–Crippen LogP) is 5.79. The van der Waals surface area contributed by atoms with Crippen molar-refractivity contribution in [1.29, 1.82) is 0 Å². The first-order chi connectivity index (χ1) is 12.0. The maximum absolute atomic E-state index is 12.3. The largest absolute Gasteiger partial charge is 0.361 e. The van der Waals surface area contributed by atoms with E-state index in [9.17, 15) is 4.79 Å². The predicted molar refractivity (Wildman–Crippen MR) is 109 cm³/mol. The number of hydrogen-bond donors (Lipinski definition) is 2. The molecule has 1 fully saturated rings. The van der Waals surface area contributed by atoms with E-state index in [4.69, 9.17) is 0 Å². The van der Waals surface area contributed by atoms with E-state index < -0.39 is 0 Å². The third-order valence-corrected chi connectivity index (χ3v) is 4.16. The van der Waals surface area contributed by atoms with Gasteiger partial charge in [-0.25, -0.2) is 0 Å². The van der Waals surface area contributed by atoms with Crippen LogP contribution in [0.2, 0.25) is 0 Å². The van der Waals surface area contributed by atoms with Gasteiger partial charge in [-0.1, -0.05) is 64.5 Å². The van der Waals surface area contributed by atoms with E-state index in [-0.39, 0.29) is 11.8 Å². The van der Waals surface area contributed by atoms with Gasteiger partial charge in [-0.3, -0.25) is 4.79 Å². The number of hydrogen-bond acceptors (Lipinski definition) is 1. The number of H-pyrrole nitrogens is 1. The summed E-state index contributed by atoms with van der Waals surface area (Å²) < 4.78 is 0. The van der Waals surface area contributed by atoms with Gasteiger partial charge in [0.25, 0.3) is 0 Å². The maximum Gasteiger partial charge on any atom is 0.231 e. The molecule has 138 valence electrons. The first-order valence-electron chi connectivity index (χ1n) is 9.51. The molecule has 3 heteroatoms. The number of aryl methyl sites for hydroxylation is 1. The van der Waals surface area contributed by atoms with E-state index in [0.29, 0.717) is 0 Å².